The number of aromatic hydroxyl groups is 1. The smallest absolute Gasteiger partial charge is 0.193 e. The average molecular weight is 274 g/mol. The van der Waals surface area contributed by atoms with Gasteiger partial charge in [0.25, 0.3) is 0 Å². The second-order valence-electron chi connectivity index (χ2n) is 5.36. The van der Waals surface area contributed by atoms with E-state index in [1.54, 1.807) is 13.0 Å². The molecule has 104 valence electrons. The third kappa shape index (κ3) is 1.71. The van der Waals surface area contributed by atoms with Crippen LogP contribution in [0.5, 0.6) is 5.75 Å². The first kappa shape index (κ1) is 13.0. The van der Waals surface area contributed by atoms with Crippen LogP contribution in [0.3, 0.4) is 0 Å². The number of carbonyl (C=O) groups is 2. The van der Waals surface area contributed by atoms with Gasteiger partial charge in [-0.25, -0.2) is 0 Å². The summed E-state index contributed by atoms with van der Waals surface area (Å²) in [6.45, 7) is 1.72. The number of fused-ring (bicyclic) bond motifs is 1. The minimum atomic E-state index is -1.06. The van der Waals surface area contributed by atoms with Crippen molar-refractivity contribution in [1.82, 2.24) is 0 Å². The van der Waals surface area contributed by atoms with E-state index in [1.807, 2.05) is 0 Å². The maximum atomic E-state index is 12.4. The lowest BCUT2D eigenvalue weighted by atomic mass is 9.75. The zero-order chi connectivity index (χ0) is 14.6. The maximum absolute atomic E-state index is 12.4. The highest BCUT2D eigenvalue weighted by molar-refractivity contribution is 6.28. The number of aliphatic hydroxyl groups is 2. The number of phenolic OH excluding ortho intramolecular Hbond substituents is 1. The molecule has 0 unspecified atom stereocenters. The molecule has 0 heterocycles. The molecule has 1 aromatic carbocycles. The van der Waals surface area contributed by atoms with Gasteiger partial charge in [0.1, 0.15) is 5.75 Å². The number of ketones is 2. The number of rotatable bonds is 0. The van der Waals surface area contributed by atoms with Gasteiger partial charge in [0.15, 0.2) is 11.6 Å². The van der Waals surface area contributed by atoms with Gasteiger partial charge < -0.3 is 15.3 Å². The van der Waals surface area contributed by atoms with Crippen molar-refractivity contribution in [3.8, 4) is 5.75 Å². The van der Waals surface area contributed by atoms with Crippen molar-refractivity contribution in [2.75, 3.05) is 0 Å². The number of Topliss-reactive ketones (excluding diaryl/α,β-unsaturated/α-hetero) is 2. The fraction of sp³-hybridized carbons (Fsp3) is 0.333. The first-order valence-corrected chi connectivity index (χ1v) is 6.41. The Hall–Kier alpha value is -1.98. The number of benzene rings is 1. The molecule has 0 spiro atoms. The Morgan fingerprint density at radius 2 is 1.55 bits per heavy atom. The van der Waals surface area contributed by atoms with E-state index < -0.39 is 18.0 Å². The molecular weight excluding hydrogens is 260 g/mol. The van der Waals surface area contributed by atoms with E-state index in [9.17, 15) is 24.9 Å². The normalized spacial score (nSPS) is 25.6. The van der Waals surface area contributed by atoms with Crippen LogP contribution in [0.1, 0.15) is 39.1 Å². The quantitative estimate of drug-likeness (QED) is 0.653. The van der Waals surface area contributed by atoms with Gasteiger partial charge in [-0.15, -0.1) is 0 Å². The molecule has 2 aliphatic rings. The van der Waals surface area contributed by atoms with E-state index in [-0.39, 0.29) is 46.6 Å². The van der Waals surface area contributed by atoms with Gasteiger partial charge in [-0.1, -0.05) is 0 Å². The molecule has 5 nitrogen and oxygen atoms in total. The largest absolute Gasteiger partial charge is 0.507 e. The van der Waals surface area contributed by atoms with E-state index in [4.69, 9.17) is 0 Å². The van der Waals surface area contributed by atoms with Crippen LogP contribution in [0.15, 0.2) is 23.3 Å². The molecule has 1 aromatic rings. The predicted octanol–water partition coefficient (Wildman–Crippen LogP) is 0.892. The molecule has 0 saturated carbocycles. The van der Waals surface area contributed by atoms with Crippen LogP contribution in [0, 0.1) is 6.92 Å². The van der Waals surface area contributed by atoms with Gasteiger partial charge >= 0.3 is 0 Å². The molecule has 0 radical (unpaired) electrons. The summed E-state index contributed by atoms with van der Waals surface area (Å²) in [6, 6.07) is 3.00. The molecule has 0 aromatic heterocycles. The monoisotopic (exact) mass is 274 g/mol. The van der Waals surface area contributed by atoms with Crippen molar-refractivity contribution < 1.29 is 24.9 Å². The molecule has 2 aliphatic carbocycles. The molecule has 0 amide bonds. The van der Waals surface area contributed by atoms with Crippen LogP contribution in [0.2, 0.25) is 0 Å². The van der Waals surface area contributed by atoms with Crippen molar-refractivity contribution in [2.45, 2.75) is 32.0 Å². The number of phenols is 1. The minimum Gasteiger partial charge on any atom is -0.507 e. The molecule has 3 rings (SSSR count). The number of carbonyl (C=O) groups excluding carboxylic acids is 2. The lowest BCUT2D eigenvalue weighted by molar-refractivity contribution is 0.0135. The second kappa shape index (κ2) is 4.26. The van der Waals surface area contributed by atoms with Gasteiger partial charge in [0, 0.05) is 29.6 Å². The van der Waals surface area contributed by atoms with Crippen LogP contribution >= 0.6 is 0 Å². The van der Waals surface area contributed by atoms with Crippen molar-refractivity contribution in [2.24, 2.45) is 0 Å². The van der Waals surface area contributed by atoms with Gasteiger partial charge in [0.2, 0.25) is 0 Å². The molecular formula is C15H14O5. The van der Waals surface area contributed by atoms with E-state index >= 15 is 0 Å². The second-order valence-corrected chi connectivity index (χ2v) is 5.36. The summed E-state index contributed by atoms with van der Waals surface area (Å²) < 4.78 is 0. The number of aryl methyl sites for hydroxylation is 1. The Balaban J connectivity index is 2.21. The Morgan fingerprint density at radius 1 is 1.00 bits per heavy atom. The molecule has 0 fully saturated rings. The molecule has 5 heteroatoms. The first-order chi connectivity index (χ1) is 9.40. The summed E-state index contributed by atoms with van der Waals surface area (Å²) in [7, 11) is 0. The first-order valence-electron chi connectivity index (χ1n) is 6.41. The number of aliphatic hydroxyl groups excluding tert-OH is 2. The predicted molar refractivity (Wildman–Crippen MR) is 69.8 cm³/mol. The van der Waals surface area contributed by atoms with E-state index in [1.165, 1.54) is 6.07 Å². The van der Waals surface area contributed by atoms with Gasteiger partial charge in [0.05, 0.1) is 17.8 Å². The van der Waals surface area contributed by atoms with Crippen LogP contribution in [0.25, 0.3) is 0 Å². The molecule has 2 atom stereocenters. The third-order valence-corrected chi connectivity index (χ3v) is 3.92. The standard InChI is InChI=1S/C15H14O5/c1-6-2-9-13(12(18)3-6)15(20)8-5-11(17)10(16)4-7(8)14(9)19/h2-3,10-11,16-18H,4-5H2,1H3/t10-,11+/m0/s1. The van der Waals surface area contributed by atoms with Crippen LogP contribution < -0.4 is 0 Å². The number of hydrogen-bond donors (Lipinski definition) is 3. The van der Waals surface area contributed by atoms with E-state index in [0.717, 1.165) is 0 Å². The van der Waals surface area contributed by atoms with Gasteiger partial charge in [-0.2, -0.15) is 0 Å². The average Bonchev–Trinajstić information content (AvgIpc) is 2.37. The highest BCUT2D eigenvalue weighted by atomic mass is 16.3. The lowest BCUT2D eigenvalue weighted by Gasteiger charge is -2.30. The summed E-state index contributed by atoms with van der Waals surface area (Å²) in [5, 5.41) is 29.3. The summed E-state index contributed by atoms with van der Waals surface area (Å²) in [6.07, 6.45) is -2.19. The molecule has 3 N–H and O–H groups in total. The van der Waals surface area contributed by atoms with Crippen molar-refractivity contribution in [3.05, 3.63) is 40.0 Å². The molecule has 20 heavy (non-hydrogen) atoms. The van der Waals surface area contributed by atoms with Gasteiger partial charge in [-0.3, -0.25) is 9.59 Å². The maximum Gasteiger partial charge on any atom is 0.193 e. The third-order valence-electron chi connectivity index (χ3n) is 3.92. The topological polar surface area (TPSA) is 94.8 Å². The van der Waals surface area contributed by atoms with Crippen molar-refractivity contribution >= 4 is 11.6 Å². The molecule has 0 saturated heterocycles. The Morgan fingerprint density at radius 3 is 2.15 bits per heavy atom. The Bertz CT molecular complexity index is 671. The van der Waals surface area contributed by atoms with Crippen LogP contribution in [-0.2, 0) is 0 Å². The SMILES string of the molecule is Cc1cc(O)c2c(c1)C(=O)C1=C(C[C@@H](O)[C@@H](O)C1)C2=O. The van der Waals surface area contributed by atoms with Crippen molar-refractivity contribution in [1.29, 1.82) is 0 Å². The Labute approximate surface area is 115 Å². The van der Waals surface area contributed by atoms with Crippen LogP contribution in [-0.4, -0.2) is 39.1 Å². The highest BCUT2D eigenvalue weighted by Gasteiger charge is 2.40. The summed E-state index contributed by atoms with van der Waals surface area (Å²) in [4.78, 5) is 24.9. The van der Waals surface area contributed by atoms with E-state index in [2.05, 4.69) is 0 Å². The number of hydrogen-bond acceptors (Lipinski definition) is 5. The van der Waals surface area contributed by atoms with Crippen molar-refractivity contribution in [3.63, 3.8) is 0 Å². The Kier molecular flexibility index (Phi) is 2.77. The zero-order valence-electron chi connectivity index (χ0n) is 10.9. The zero-order valence-corrected chi connectivity index (χ0v) is 10.9. The minimum absolute atomic E-state index is 0.00272. The van der Waals surface area contributed by atoms with Gasteiger partial charge in [-0.05, 0) is 24.6 Å². The summed E-state index contributed by atoms with van der Waals surface area (Å²) in [5.74, 6) is -0.997. The highest BCUT2D eigenvalue weighted by Crippen LogP contribution is 2.39. The summed E-state index contributed by atoms with van der Waals surface area (Å²) >= 11 is 0. The fourth-order valence-electron chi connectivity index (χ4n) is 2.89. The molecule has 0 aliphatic heterocycles. The summed E-state index contributed by atoms with van der Waals surface area (Å²) in [5.41, 5.74) is 1.32. The fourth-order valence-corrected chi connectivity index (χ4v) is 2.89. The lowest BCUT2D eigenvalue weighted by Crippen LogP contribution is -2.37. The molecule has 0 bridgehead atoms. The van der Waals surface area contributed by atoms with Crippen LogP contribution in [0.4, 0.5) is 0 Å². The van der Waals surface area contributed by atoms with E-state index in [0.29, 0.717) is 5.56 Å².